The third-order valence-electron chi connectivity index (χ3n) is 2.71. The smallest absolute Gasteiger partial charge is 0.264 e. The fourth-order valence-corrected chi connectivity index (χ4v) is 3.21. The van der Waals surface area contributed by atoms with Gasteiger partial charge < -0.3 is 5.73 Å². The molecule has 21 heavy (non-hydrogen) atoms. The van der Waals surface area contributed by atoms with E-state index >= 15 is 0 Å². The van der Waals surface area contributed by atoms with Crippen LogP contribution in [-0.4, -0.2) is 8.42 Å². The van der Waals surface area contributed by atoms with E-state index in [1.165, 1.54) is 19.1 Å². The molecule has 0 aliphatic heterocycles. The molecule has 2 aromatic carbocycles. The Morgan fingerprint density at radius 2 is 1.86 bits per heavy atom. The molecular weight excluding hydrogens is 322 g/mol. The highest BCUT2D eigenvalue weighted by Gasteiger charge is 2.22. The molecule has 2 rings (SSSR count). The predicted molar refractivity (Wildman–Crippen MR) is 77.8 cm³/mol. The van der Waals surface area contributed by atoms with E-state index in [0.29, 0.717) is 0 Å². The molecule has 0 bridgehead atoms. The lowest BCUT2D eigenvalue weighted by molar-refractivity contribution is 0.565. The average Bonchev–Trinajstić information content (AvgIpc) is 2.37. The largest absolute Gasteiger partial charge is 0.399 e. The minimum absolute atomic E-state index is 0.0130. The van der Waals surface area contributed by atoms with Gasteiger partial charge in [-0.3, -0.25) is 4.72 Å². The molecule has 0 aliphatic carbocycles. The molecule has 112 valence electrons. The van der Waals surface area contributed by atoms with Crippen LogP contribution in [0.2, 0.25) is 5.02 Å². The van der Waals surface area contributed by atoms with E-state index in [-0.39, 0.29) is 22.0 Å². The number of aryl methyl sites for hydroxylation is 1. The van der Waals surface area contributed by atoms with Gasteiger partial charge in [-0.2, -0.15) is 0 Å². The number of halogens is 3. The van der Waals surface area contributed by atoms with Crippen LogP contribution in [0.15, 0.2) is 35.2 Å². The summed E-state index contributed by atoms with van der Waals surface area (Å²) in [6, 6.07) is 5.46. The average molecular weight is 333 g/mol. The SMILES string of the molecule is Cc1cc(N)cc(S(=O)(=O)Nc2cc(F)ccc2Cl)c1F. The van der Waals surface area contributed by atoms with Crippen LogP contribution in [0, 0.1) is 18.6 Å². The molecule has 0 aromatic heterocycles. The van der Waals surface area contributed by atoms with E-state index in [9.17, 15) is 17.2 Å². The molecule has 8 heteroatoms. The molecular formula is C13H11ClF2N2O2S. The van der Waals surface area contributed by atoms with E-state index < -0.39 is 26.6 Å². The number of nitrogens with one attached hydrogen (secondary N) is 1. The lowest BCUT2D eigenvalue weighted by atomic mass is 10.2. The van der Waals surface area contributed by atoms with Gasteiger partial charge in [0.1, 0.15) is 16.5 Å². The molecule has 0 fully saturated rings. The Kier molecular flexibility index (Phi) is 4.06. The first-order valence-corrected chi connectivity index (χ1v) is 7.60. The molecule has 0 saturated heterocycles. The Balaban J connectivity index is 2.51. The van der Waals surface area contributed by atoms with Gasteiger partial charge >= 0.3 is 0 Å². The van der Waals surface area contributed by atoms with E-state index in [0.717, 1.165) is 18.2 Å². The Morgan fingerprint density at radius 3 is 2.52 bits per heavy atom. The van der Waals surface area contributed by atoms with Crippen molar-refractivity contribution in [3.8, 4) is 0 Å². The Labute approximate surface area is 125 Å². The maximum atomic E-state index is 14.0. The predicted octanol–water partition coefficient (Wildman–Crippen LogP) is 3.31. The second-order valence-electron chi connectivity index (χ2n) is 4.38. The molecule has 0 radical (unpaired) electrons. The Hall–Kier alpha value is -1.86. The quantitative estimate of drug-likeness (QED) is 0.847. The van der Waals surface area contributed by atoms with Crippen molar-refractivity contribution in [2.45, 2.75) is 11.8 Å². The zero-order valence-corrected chi connectivity index (χ0v) is 12.4. The molecule has 0 heterocycles. The minimum atomic E-state index is -4.28. The summed E-state index contributed by atoms with van der Waals surface area (Å²) in [6.45, 7) is 1.39. The summed E-state index contributed by atoms with van der Waals surface area (Å²) in [5, 5.41) is -0.0130. The summed E-state index contributed by atoms with van der Waals surface area (Å²) in [5.41, 5.74) is 5.52. The van der Waals surface area contributed by atoms with E-state index in [1.807, 2.05) is 4.72 Å². The zero-order chi connectivity index (χ0) is 15.8. The number of sulfonamides is 1. The molecule has 0 spiro atoms. The third-order valence-corrected chi connectivity index (χ3v) is 4.40. The van der Waals surface area contributed by atoms with Crippen LogP contribution >= 0.6 is 11.6 Å². The maximum absolute atomic E-state index is 14.0. The van der Waals surface area contributed by atoms with Crippen molar-refractivity contribution in [3.05, 3.63) is 52.6 Å². The van der Waals surface area contributed by atoms with Crippen molar-refractivity contribution in [2.24, 2.45) is 0 Å². The van der Waals surface area contributed by atoms with E-state index in [4.69, 9.17) is 17.3 Å². The summed E-state index contributed by atoms with van der Waals surface area (Å²) in [6.07, 6.45) is 0. The first-order valence-electron chi connectivity index (χ1n) is 5.74. The zero-order valence-electron chi connectivity index (χ0n) is 10.8. The summed E-state index contributed by atoms with van der Waals surface area (Å²) in [4.78, 5) is -0.625. The molecule has 0 saturated carbocycles. The first kappa shape index (κ1) is 15.5. The standard InChI is InChI=1S/C13H11ClF2N2O2S/c1-7-4-9(17)6-12(13(7)16)21(19,20)18-11-5-8(15)2-3-10(11)14/h2-6,18H,17H2,1H3. The van der Waals surface area contributed by atoms with Crippen molar-refractivity contribution < 1.29 is 17.2 Å². The monoisotopic (exact) mass is 332 g/mol. The van der Waals surface area contributed by atoms with Crippen LogP contribution in [0.1, 0.15) is 5.56 Å². The van der Waals surface area contributed by atoms with Gasteiger partial charge in [-0.15, -0.1) is 0 Å². The molecule has 4 nitrogen and oxygen atoms in total. The molecule has 3 N–H and O–H groups in total. The highest BCUT2D eigenvalue weighted by molar-refractivity contribution is 7.92. The lowest BCUT2D eigenvalue weighted by Crippen LogP contribution is -2.16. The second kappa shape index (κ2) is 5.50. The fraction of sp³-hybridized carbons (Fsp3) is 0.0769. The van der Waals surface area contributed by atoms with Crippen LogP contribution in [-0.2, 0) is 10.0 Å². The van der Waals surface area contributed by atoms with Crippen LogP contribution in [0.5, 0.6) is 0 Å². The van der Waals surface area contributed by atoms with Gasteiger partial charge in [0.15, 0.2) is 0 Å². The molecule has 0 unspecified atom stereocenters. The van der Waals surface area contributed by atoms with Crippen LogP contribution in [0.3, 0.4) is 0 Å². The fourth-order valence-electron chi connectivity index (χ4n) is 1.74. The first-order chi connectivity index (χ1) is 9.70. The molecule has 0 atom stereocenters. The highest BCUT2D eigenvalue weighted by Crippen LogP contribution is 2.28. The second-order valence-corrected chi connectivity index (χ2v) is 6.44. The van der Waals surface area contributed by atoms with Gasteiger partial charge in [0.05, 0.1) is 10.7 Å². The summed E-state index contributed by atoms with van der Waals surface area (Å²) >= 11 is 5.78. The van der Waals surface area contributed by atoms with Gasteiger partial charge in [0, 0.05) is 5.69 Å². The van der Waals surface area contributed by atoms with Crippen LogP contribution in [0.25, 0.3) is 0 Å². The van der Waals surface area contributed by atoms with Gasteiger partial charge in [-0.05, 0) is 42.8 Å². The van der Waals surface area contributed by atoms with Crippen molar-refractivity contribution in [2.75, 3.05) is 10.5 Å². The lowest BCUT2D eigenvalue weighted by Gasteiger charge is -2.12. The van der Waals surface area contributed by atoms with Crippen LogP contribution in [0.4, 0.5) is 20.2 Å². The molecule has 0 amide bonds. The van der Waals surface area contributed by atoms with Crippen molar-refractivity contribution in [3.63, 3.8) is 0 Å². The number of rotatable bonds is 3. The summed E-state index contributed by atoms with van der Waals surface area (Å²) < 4.78 is 53.6. The third kappa shape index (κ3) is 3.25. The summed E-state index contributed by atoms with van der Waals surface area (Å²) in [5.74, 6) is -1.61. The Morgan fingerprint density at radius 1 is 1.19 bits per heavy atom. The van der Waals surface area contributed by atoms with Crippen molar-refractivity contribution >= 4 is 33.0 Å². The number of nitrogens with two attached hydrogens (primary N) is 1. The van der Waals surface area contributed by atoms with Gasteiger partial charge in [-0.25, -0.2) is 17.2 Å². The topological polar surface area (TPSA) is 72.2 Å². The van der Waals surface area contributed by atoms with E-state index in [1.54, 1.807) is 0 Å². The minimum Gasteiger partial charge on any atom is -0.399 e. The number of benzene rings is 2. The Bertz CT molecular complexity index is 810. The highest BCUT2D eigenvalue weighted by atomic mass is 35.5. The number of nitrogen functional groups attached to an aromatic ring is 1. The number of hydrogen-bond donors (Lipinski definition) is 2. The number of anilines is 2. The molecule has 0 aliphatic rings. The normalized spacial score (nSPS) is 11.4. The summed E-state index contributed by atoms with van der Waals surface area (Å²) in [7, 11) is -4.28. The van der Waals surface area contributed by atoms with Gasteiger partial charge in [0.2, 0.25) is 0 Å². The maximum Gasteiger partial charge on any atom is 0.264 e. The van der Waals surface area contributed by atoms with Gasteiger partial charge in [0.25, 0.3) is 10.0 Å². The number of hydrogen-bond acceptors (Lipinski definition) is 3. The van der Waals surface area contributed by atoms with Crippen molar-refractivity contribution in [1.82, 2.24) is 0 Å². The molecule has 2 aromatic rings. The van der Waals surface area contributed by atoms with Gasteiger partial charge in [-0.1, -0.05) is 11.6 Å². The van der Waals surface area contributed by atoms with E-state index in [2.05, 4.69) is 0 Å². The van der Waals surface area contributed by atoms with Crippen molar-refractivity contribution in [1.29, 1.82) is 0 Å². The van der Waals surface area contributed by atoms with Crippen LogP contribution < -0.4 is 10.5 Å².